The SMILES string of the molecule is Cc1cccc(C(=O)NC2CCC23CCOCC3)c1. The van der Waals surface area contributed by atoms with Crippen LogP contribution < -0.4 is 5.32 Å². The number of carbonyl (C=O) groups is 1. The number of amides is 1. The summed E-state index contributed by atoms with van der Waals surface area (Å²) in [7, 11) is 0. The third-order valence-corrected chi connectivity index (χ3v) is 4.74. The smallest absolute Gasteiger partial charge is 0.251 e. The summed E-state index contributed by atoms with van der Waals surface area (Å²) in [5, 5.41) is 3.23. The van der Waals surface area contributed by atoms with Crippen LogP contribution >= 0.6 is 0 Å². The van der Waals surface area contributed by atoms with Gasteiger partial charge in [-0.15, -0.1) is 0 Å². The lowest BCUT2D eigenvalue weighted by atomic mass is 9.60. The van der Waals surface area contributed by atoms with E-state index in [0.29, 0.717) is 11.5 Å². The van der Waals surface area contributed by atoms with Crippen molar-refractivity contribution in [1.29, 1.82) is 0 Å². The molecule has 1 amide bonds. The average molecular weight is 259 g/mol. The topological polar surface area (TPSA) is 38.3 Å². The lowest BCUT2D eigenvalue weighted by Gasteiger charge is -2.52. The highest BCUT2D eigenvalue weighted by molar-refractivity contribution is 5.94. The van der Waals surface area contributed by atoms with Gasteiger partial charge in [0.1, 0.15) is 0 Å². The van der Waals surface area contributed by atoms with Crippen LogP contribution in [0.1, 0.15) is 41.6 Å². The Morgan fingerprint density at radius 1 is 1.32 bits per heavy atom. The molecular weight excluding hydrogens is 238 g/mol. The minimum atomic E-state index is 0.0688. The van der Waals surface area contributed by atoms with Crippen molar-refractivity contribution in [2.75, 3.05) is 13.2 Å². The first-order valence-electron chi connectivity index (χ1n) is 7.15. The molecule has 1 aliphatic carbocycles. The maximum absolute atomic E-state index is 12.3. The van der Waals surface area contributed by atoms with Crippen molar-refractivity contribution in [2.45, 2.75) is 38.6 Å². The summed E-state index contributed by atoms with van der Waals surface area (Å²) < 4.78 is 5.44. The minimum absolute atomic E-state index is 0.0688. The van der Waals surface area contributed by atoms with Gasteiger partial charge in [-0.3, -0.25) is 4.79 Å². The number of aryl methyl sites for hydroxylation is 1. The second-order valence-electron chi connectivity index (χ2n) is 5.91. The summed E-state index contributed by atoms with van der Waals surface area (Å²) in [6.45, 7) is 3.70. The van der Waals surface area contributed by atoms with Crippen LogP contribution in [0, 0.1) is 12.3 Å². The molecule has 1 heterocycles. The van der Waals surface area contributed by atoms with Gasteiger partial charge in [-0.1, -0.05) is 17.7 Å². The maximum Gasteiger partial charge on any atom is 0.251 e. The van der Waals surface area contributed by atoms with Gasteiger partial charge in [0.25, 0.3) is 5.91 Å². The highest BCUT2D eigenvalue weighted by atomic mass is 16.5. The van der Waals surface area contributed by atoms with Crippen molar-refractivity contribution in [3.05, 3.63) is 35.4 Å². The Kier molecular flexibility index (Phi) is 3.31. The van der Waals surface area contributed by atoms with Crippen LogP contribution in [0.4, 0.5) is 0 Å². The van der Waals surface area contributed by atoms with E-state index in [1.165, 1.54) is 6.42 Å². The van der Waals surface area contributed by atoms with Gasteiger partial charge in [-0.25, -0.2) is 0 Å². The second-order valence-corrected chi connectivity index (χ2v) is 5.91. The van der Waals surface area contributed by atoms with Gasteiger partial charge >= 0.3 is 0 Å². The molecule has 1 saturated carbocycles. The van der Waals surface area contributed by atoms with E-state index in [-0.39, 0.29) is 5.91 Å². The van der Waals surface area contributed by atoms with Crippen molar-refractivity contribution in [1.82, 2.24) is 5.32 Å². The Balaban J connectivity index is 1.67. The zero-order valence-corrected chi connectivity index (χ0v) is 11.4. The predicted octanol–water partition coefficient (Wildman–Crippen LogP) is 2.68. The van der Waals surface area contributed by atoms with Crippen molar-refractivity contribution < 1.29 is 9.53 Å². The third kappa shape index (κ3) is 2.39. The molecule has 3 rings (SSSR count). The molecule has 1 unspecified atom stereocenters. The third-order valence-electron chi connectivity index (χ3n) is 4.74. The summed E-state index contributed by atoms with van der Waals surface area (Å²) in [6.07, 6.45) is 4.52. The molecule has 1 N–H and O–H groups in total. The van der Waals surface area contributed by atoms with Gasteiger partial charge < -0.3 is 10.1 Å². The van der Waals surface area contributed by atoms with Gasteiger partial charge in [0.15, 0.2) is 0 Å². The molecule has 3 heteroatoms. The lowest BCUT2D eigenvalue weighted by Crippen LogP contribution is -2.57. The standard InChI is InChI=1S/C16H21NO2/c1-12-3-2-4-13(11-12)15(18)17-14-5-6-16(14)7-9-19-10-8-16/h2-4,11,14H,5-10H2,1H3,(H,17,18). The molecule has 2 fully saturated rings. The molecule has 1 spiro atoms. The number of benzene rings is 1. The van der Waals surface area contributed by atoms with E-state index in [1.807, 2.05) is 31.2 Å². The van der Waals surface area contributed by atoms with E-state index in [9.17, 15) is 4.79 Å². The molecular formula is C16H21NO2. The first-order valence-corrected chi connectivity index (χ1v) is 7.15. The Morgan fingerprint density at radius 3 is 2.74 bits per heavy atom. The molecule has 0 radical (unpaired) electrons. The molecule has 2 aliphatic rings. The number of hydrogen-bond acceptors (Lipinski definition) is 2. The summed E-state index contributed by atoms with van der Waals surface area (Å²) in [5.41, 5.74) is 2.22. The quantitative estimate of drug-likeness (QED) is 0.886. The number of ether oxygens (including phenoxy) is 1. The maximum atomic E-state index is 12.3. The highest BCUT2D eigenvalue weighted by Gasteiger charge is 2.47. The molecule has 1 saturated heterocycles. The fourth-order valence-electron chi connectivity index (χ4n) is 3.33. The first kappa shape index (κ1) is 12.7. The number of rotatable bonds is 2. The van der Waals surface area contributed by atoms with Crippen molar-refractivity contribution in [3.63, 3.8) is 0 Å². The summed E-state index contributed by atoms with van der Waals surface area (Å²) >= 11 is 0. The molecule has 1 aromatic carbocycles. The summed E-state index contributed by atoms with van der Waals surface area (Å²) in [5.74, 6) is 0.0688. The van der Waals surface area contributed by atoms with Crippen LogP contribution in [0.25, 0.3) is 0 Å². The average Bonchev–Trinajstić information content (AvgIpc) is 2.44. The minimum Gasteiger partial charge on any atom is -0.381 e. The van der Waals surface area contributed by atoms with Gasteiger partial charge in [-0.2, -0.15) is 0 Å². The summed E-state index contributed by atoms with van der Waals surface area (Å²) in [4.78, 5) is 12.3. The van der Waals surface area contributed by atoms with Crippen LogP contribution in [0.15, 0.2) is 24.3 Å². The van der Waals surface area contributed by atoms with Gasteiger partial charge in [-0.05, 0) is 50.2 Å². The van der Waals surface area contributed by atoms with E-state index < -0.39 is 0 Å². The largest absolute Gasteiger partial charge is 0.381 e. The van der Waals surface area contributed by atoms with E-state index in [2.05, 4.69) is 5.32 Å². The zero-order valence-electron chi connectivity index (χ0n) is 11.4. The van der Waals surface area contributed by atoms with Crippen LogP contribution in [0.5, 0.6) is 0 Å². The fourth-order valence-corrected chi connectivity index (χ4v) is 3.33. The van der Waals surface area contributed by atoms with Crippen molar-refractivity contribution >= 4 is 5.91 Å². The van der Waals surface area contributed by atoms with Gasteiger partial charge in [0, 0.05) is 24.8 Å². The lowest BCUT2D eigenvalue weighted by molar-refractivity contribution is -0.0523. The van der Waals surface area contributed by atoms with E-state index in [4.69, 9.17) is 4.74 Å². The normalized spacial score (nSPS) is 24.8. The van der Waals surface area contributed by atoms with Crippen LogP contribution in [-0.4, -0.2) is 25.2 Å². The molecule has 19 heavy (non-hydrogen) atoms. The van der Waals surface area contributed by atoms with Crippen LogP contribution in [0.3, 0.4) is 0 Å². The second kappa shape index (κ2) is 4.97. The highest BCUT2D eigenvalue weighted by Crippen LogP contribution is 2.48. The predicted molar refractivity (Wildman–Crippen MR) is 74.2 cm³/mol. The molecule has 1 atom stereocenters. The zero-order chi connectivity index (χ0) is 13.3. The first-order chi connectivity index (χ1) is 9.20. The Morgan fingerprint density at radius 2 is 2.11 bits per heavy atom. The van der Waals surface area contributed by atoms with Crippen LogP contribution in [-0.2, 0) is 4.74 Å². The Bertz CT molecular complexity index is 477. The number of carbonyl (C=O) groups excluding carboxylic acids is 1. The van der Waals surface area contributed by atoms with E-state index in [1.54, 1.807) is 0 Å². The molecule has 3 nitrogen and oxygen atoms in total. The summed E-state index contributed by atoms with van der Waals surface area (Å²) in [6, 6.07) is 8.13. The fraction of sp³-hybridized carbons (Fsp3) is 0.562. The monoisotopic (exact) mass is 259 g/mol. The number of nitrogens with one attached hydrogen (secondary N) is 1. The van der Waals surface area contributed by atoms with E-state index in [0.717, 1.165) is 43.6 Å². The Labute approximate surface area is 114 Å². The van der Waals surface area contributed by atoms with Crippen molar-refractivity contribution in [3.8, 4) is 0 Å². The molecule has 0 aromatic heterocycles. The molecule has 1 aliphatic heterocycles. The molecule has 1 aromatic rings. The molecule has 0 bridgehead atoms. The molecule has 102 valence electrons. The number of hydrogen-bond donors (Lipinski definition) is 1. The Hall–Kier alpha value is -1.35. The van der Waals surface area contributed by atoms with Crippen LogP contribution in [0.2, 0.25) is 0 Å². The van der Waals surface area contributed by atoms with E-state index >= 15 is 0 Å². The van der Waals surface area contributed by atoms with Crippen molar-refractivity contribution in [2.24, 2.45) is 5.41 Å². The van der Waals surface area contributed by atoms with Gasteiger partial charge in [0.05, 0.1) is 0 Å². The van der Waals surface area contributed by atoms with Gasteiger partial charge in [0.2, 0.25) is 0 Å².